The lowest BCUT2D eigenvalue weighted by atomic mass is 10.1. The van der Waals surface area contributed by atoms with Crippen LogP contribution in [0.1, 0.15) is 26.6 Å². The summed E-state index contributed by atoms with van der Waals surface area (Å²) in [5.41, 5.74) is 3.69. The molecule has 0 bridgehead atoms. The Kier molecular flexibility index (Phi) is 3.13. The molecule has 5 heteroatoms. The highest BCUT2D eigenvalue weighted by atomic mass is 15.2. The van der Waals surface area contributed by atoms with E-state index < -0.39 is 0 Å². The number of aryl methyl sites for hydroxylation is 1. The molecule has 0 aromatic carbocycles. The van der Waals surface area contributed by atoms with Crippen LogP contribution in [0.5, 0.6) is 0 Å². The third-order valence-corrected chi connectivity index (χ3v) is 3.97. The molecule has 5 nitrogen and oxygen atoms in total. The van der Waals surface area contributed by atoms with Crippen molar-refractivity contribution in [3.63, 3.8) is 0 Å². The second kappa shape index (κ2) is 5.09. The molecule has 1 N–H and O–H groups in total. The predicted molar refractivity (Wildman–Crippen MR) is 97.5 cm³/mol. The molecule has 0 spiro atoms. The minimum absolute atomic E-state index is 0.0782. The van der Waals surface area contributed by atoms with Crippen molar-refractivity contribution in [1.29, 1.82) is 0 Å². The van der Waals surface area contributed by atoms with Crippen LogP contribution in [-0.2, 0) is 0 Å². The van der Waals surface area contributed by atoms with Crippen molar-refractivity contribution in [3.8, 4) is 11.4 Å². The van der Waals surface area contributed by atoms with E-state index in [4.69, 9.17) is 9.97 Å². The highest BCUT2D eigenvalue weighted by Crippen LogP contribution is 2.33. The first kappa shape index (κ1) is 14.8. The Morgan fingerprint density at radius 1 is 0.875 bits per heavy atom. The summed E-state index contributed by atoms with van der Waals surface area (Å²) in [5, 5.41) is 3.60. The molecule has 0 radical (unpaired) electrons. The van der Waals surface area contributed by atoms with Gasteiger partial charge in [-0.2, -0.15) is 0 Å². The molecular formula is C19H21N5. The van der Waals surface area contributed by atoms with Gasteiger partial charge in [0.05, 0.1) is 5.52 Å². The average molecular weight is 319 g/mol. The number of imidazole rings is 2. The third-order valence-electron chi connectivity index (χ3n) is 3.97. The molecule has 122 valence electrons. The zero-order valence-electron chi connectivity index (χ0n) is 14.4. The Bertz CT molecular complexity index is 1030. The van der Waals surface area contributed by atoms with E-state index in [1.165, 1.54) is 0 Å². The SMILES string of the molecule is Cc1nc(-c2nc3ccccn3c2NC(C)(C)C)c2ccccn12. The zero-order valence-corrected chi connectivity index (χ0v) is 14.4. The van der Waals surface area contributed by atoms with Crippen molar-refractivity contribution >= 4 is 17.0 Å². The molecule has 0 fully saturated rings. The maximum atomic E-state index is 4.86. The number of nitrogens with zero attached hydrogens (tertiary/aromatic N) is 4. The lowest BCUT2D eigenvalue weighted by Crippen LogP contribution is -2.27. The molecule has 4 aromatic heterocycles. The number of hydrogen-bond acceptors (Lipinski definition) is 3. The second-order valence-corrected chi connectivity index (χ2v) is 7.08. The molecule has 4 heterocycles. The Hall–Kier alpha value is -2.82. The number of fused-ring (bicyclic) bond motifs is 2. The fourth-order valence-electron chi connectivity index (χ4n) is 3.00. The van der Waals surface area contributed by atoms with Gasteiger partial charge in [-0.25, -0.2) is 9.97 Å². The van der Waals surface area contributed by atoms with E-state index in [1.54, 1.807) is 0 Å². The van der Waals surface area contributed by atoms with Crippen LogP contribution in [0.4, 0.5) is 5.82 Å². The number of hydrogen-bond donors (Lipinski definition) is 1. The van der Waals surface area contributed by atoms with Gasteiger partial charge >= 0.3 is 0 Å². The molecule has 0 unspecified atom stereocenters. The second-order valence-electron chi connectivity index (χ2n) is 7.08. The number of anilines is 1. The predicted octanol–water partition coefficient (Wildman–Crippen LogP) is 4.17. The van der Waals surface area contributed by atoms with Crippen LogP contribution in [-0.4, -0.2) is 24.3 Å². The quantitative estimate of drug-likeness (QED) is 0.603. The summed E-state index contributed by atoms with van der Waals surface area (Å²) < 4.78 is 4.18. The van der Waals surface area contributed by atoms with E-state index in [0.29, 0.717) is 0 Å². The summed E-state index contributed by atoms with van der Waals surface area (Å²) in [7, 11) is 0. The number of pyridine rings is 2. The molecule has 4 aromatic rings. The molecule has 0 atom stereocenters. The summed E-state index contributed by atoms with van der Waals surface area (Å²) >= 11 is 0. The van der Waals surface area contributed by atoms with Crippen molar-refractivity contribution in [3.05, 3.63) is 54.6 Å². The van der Waals surface area contributed by atoms with Gasteiger partial charge in [0, 0.05) is 17.9 Å². The third kappa shape index (κ3) is 2.33. The number of rotatable bonds is 2. The Labute approximate surface area is 141 Å². The van der Waals surface area contributed by atoms with Crippen LogP contribution in [0.15, 0.2) is 48.8 Å². The van der Waals surface area contributed by atoms with Crippen LogP contribution in [0, 0.1) is 6.92 Å². The lowest BCUT2D eigenvalue weighted by Gasteiger charge is -2.22. The van der Waals surface area contributed by atoms with Gasteiger partial charge < -0.3 is 9.72 Å². The molecule has 0 amide bonds. The number of nitrogens with one attached hydrogen (secondary N) is 1. The van der Waals surface area contributed by atoms with Gasteiger partial charge in [0.25, 0.3) is 0 Å². The van der Waals surface area contributed by atoms with Crippen LogP contribution in [0.3, 0.4) is 0 Å². The highest BCUT2D eigenvalue weighted by molar-refractivity contribution is 5.84. The maximum Gasteiger partial charge on any atom is 0.140 e. The lowest BCUT2D eigenvalue weighted by molar-refractivity contribution is 0.629. The Morgan fingerprint density at radius 2 is 1.58 bits per heavy atom. The average Bonchev–Trinajstić information content (AvgIpc) is 3.05. The van der Waals surface area contributed by atoms with Gasteiger partial charge in [0.2, 0.25) is 0 Å². The zero-order chi connectivity index (χ0) is 16.9. The van der Waals surface area contributed by atoms with Crippen molar-refractivity contribution in [2.75, 3.05) is 5.32 Å². The molecule has 24 heavy (non-hydrogen) atoms. The van der Waals surface area contributed by atoms with E-state index in [9.17, 15) is 0 Å². The summed E-state index contributed by atoms with van der Waals surface area (Å²) in [6.07, 6.45) is 4.07. The molecule has 4 rings (SSSR count). The Morgan fingerprint density at radius 3 is 2.33 bits per heavy atom. The largest absolute Gasteiger partial charge is 0.365 e. The standard InChI is InChI=1S/C19H21N5/c1-13-20-16(14-9-5-7-11-23(13)14)17-18(22-19(2,3)4)24-12-8-6-10-15(24)21-17/h5-12,22H,1-4H3. The normalized spacial score (nSPS) is 12.2. The topological polar surface area (TPSA) is 46.6 Å². The van der Waals surface area contributed by atoms with Crippen LogP contribution in [0.25, 0.3) is 22.6 Å². The smallest absolute Gasteiger partial charge is 0.140 e. The van der Waals surface area contributed by atoms with Crippen molar-refractivity contribution in [1.82, 2.24) is 18.8 Å². The maximum absolute atomic E-state index is 4.86. The number of aromatic nitrogens is 4. The van der Waals surface area contributed by atoms with Crippen molar-refractivity contribution < 1.29 is 0 Å². The molecule has 0 aliphatic rings. The Balaban J connectivity index is 2.03. The minimum Gasteiger partial charge on any atom is -0.365 e. The van der Waals surface area contributed by atoms with Gasteiger partial charge in [-0.05, 0) is 52.0 Å². The van der Waals surface area contributed by atoms with E-state index >= 15 is 0 Å². The summed E-state index contributed by atoms with van der Waals surface area (Å²) in [5.74, 6) is 1.93. The van der Waals surface area contributed by atoms with Gasteiger partial charge in [-0.15, -0.1) is 0 Å². The van der Waals surface area contributed by atoms with E-state index in [2.05, 4.69) is 41.0 Å². The first-order valence-corrected chi connectivity index (χ1v) is 8.13. The van der Waals surface area contributed by atoms with E-state index in [1.807, 2.05) is 49.6 Å². The molecule has 0 saturated carbocycles. The fraction of sp³-hybridized carbons (Fsp3) is 0.263. The summed E-state index contributed by atoms with van der Waals surface area (Å²) in [4.78, 5) is 9.65. The summed E-state index contributed by atoms with van der Waals surface area (Å²) in [6.45, 7) is 8.46. The first-order valence-electron chi connectivity index (χ1n) is 8.13. The highest BCUT2D eigenvalue weighted by Gasteiger charge is 2.22. The van der Waals surface area contributed by atoms with Crippen molar-refractivity contribution in [2.45, 2.75) is 33.2 Å². The van der Waals surface area contributed by atoms with Gasteiger partial charge in [-0.3, -0.25) is 4.40 Å². The van der Waals surface area contributed by atoms with Crippen LogP contribution >= 0.6 is 0 Å². The molecule has 0 aliphatic carbocycles. The van der Waals surface area contributed by atoms with Crippen LogP contribution in [0.2, 0.25) is 0 Å². The molecule has 0 saturated heterocycles. The first-order chi connectivity index (χ1) is 11.4. The van der Waals surface area contributed by atoms with Gasteiger partial charge in [0.1, 0.15) is 28.7 Å². The molecule has 0 aliphatic heterocycles. The van der Waals surface area contributed by atoms with Crippen molar-refractivity contribution in [2.24, 2.45) is 0 Å². The fourth-order valence-corrected chi connectivity index (χ4v) is 3.00. The van der Waals surface area contributed by atoms with Gasteiger partial charge in [0.15, 0.2) is 0 Å². The van der Waals surface area contributed by atoms with Crippen LogP contribution < -0.4 is 5.32 Å². The minimum atomic E-state index is -0.0782. The van der Waals surface area contributed by atoms with Gasteiger partial charge in [-0.1, -0.05) is 12.1 Å². The van der Waals surface area contributed by atoms with E-state index in [-0.39, 0.29) is 5.54 Å². The monoisotopic (exact) mass is 319 g/mol. The van der Waals surface area contributed by atoms with E-state index in [0.717, 1.165) is 34.2 Å². The summed E-state index contributed by atoms with van der Waals surface area (Å²) in [6, 6.07) is 12.2. The molecular weight excluding hydrogens is 298 g/mol.